The van der Waals surface area contributed by atoms with Gasteiger partial charge < -0.3 is 4.74 Å². The molecule has 1 atom stereocenters. The Bertz CT molecular complexity index is 394. The summed E-state index contributed by atoms with van der Waals surface area (Å²) in [6.45, 7) is 0. The molecular formula is C12H12FNO2. The van der Waals surface area contributed by atoms with Gasteiger partial charge in [-0.3, -0.25) is 4.79 Å². The largest absolute Gasteiger partial charge is 0.468 e. The quantitative estimate of drug-likeness (QED) is 0.731. The number of aryl methyl sites for hydroxylation is 1. The third kappa shape index (κ3) is 3.35. The molecule has 0 aromatic heterocycles. The van der Waals surface area contributed by atoms with Crippen LogP contribution in [0.25, 0.3) is 0 Å². The predicted molar refractivity (Wildman–Crippen MR) is 55.8 cm³/mol. The third-order valence-electron chi connectivity index (χ3n) is 2.28. The van der Waals surface area contributed by atoms with E-state index in [-0.39, 0.29) is 5.82 Å². The molecule has 1 rings (SSSR count). The highest BCUT2D eigenvalue weighted by Gasteiger charge is 2.17. The van der Waals surface area contributed by atoms with Gasteiger partial charge in [0.2, 0.25) is 0 Å². The number of nitriles is 1. The Morgan fingerprint density at radius 3 is 2.62 bits per heavy atom. The van der Waals surface area contributed by atoms with Crippen molar-refractivity contribution in [1.29, 1.82) is 5.26 Å². The molecule has 0 saturated carbocycles. The molecule has 0 radical (unpaired) electrons. The van der Waals surface area contributed by atoms with Crippen molar-refractivity contribution in [3.8, 4) is 6.07 Å². The molecule has 3 nitrogen and oxygen atoms in total. The van der Waals surface area contributed by atoms with E-state index in [9.17, 15) is 9.18 Å². The second kappa shape index (κ2) is 5.86. The van der Waals surface area contributed by atoms with E-state index in [0.717, 1.165) is 5.56 Å². The van der Waals surface area contributed by atoms with Crippen molar-refractivity contribution in [3.05, 3.63) is 35.6 Å². The number of carbonyl (C=O) groups excluding carboxylic acids is 1. The Balaban J connectivity index is 2.53. The Morgan fingerprint density at radius 2 is 2.12 bits per heavy atom. The number of esters is 1. The normalized spacial score (nSPS) is 11.6. The maximum Gasteiger partial charge on any atom is 0.323 e. The molecule has 0 fully saturated rings. The van der Waals surface area contributed by atoms with Gasteiger partial charge in [-0.05, 0) is 30.5 Å². The third-order valence-corrected chi connectivity index (χ3v) is 2.28. The zero-order chi connectivity index (χ0) is 12.0. The average Bonchev–Trinajstić information content (AvgIpc) is 2.31. The molecule has 0 aliphatic heterocycles. The Kier molecular flexibility index (Phi) is 4.46. The fraction of sp³-hybridized carbons (Fsp3) is 0.333. The number of halogens is 1. The first-order valence-electron chi connectivity index (χ1n) is 4.89. The number of benzene rings is 1. The van der Waals surface area contributed by atoms with Crippen LogP contribution in [0.2, 0.25) is 0 Å². The Morgan fingerprint density at radius 1 is 1.50 bits per heavy atom. The van der Waals surface area contributed by atoms with Gasteiger partial charge in [0.05, 0.1) is 13.2 Å². The minimum Gasteiger partial charge on any atom is -0.468 e. The van der Waals surface area contributed by atoms with E-state index < -0.39 is 11.9 Å². The molecule has 1 unspecified atom stereocenters. The van der Waals surface area contributed by atoms with Gasteiger partial charge in [-0.2, -0.15) is 5.26 Å². The summed E-state index contributed by atoms with van der Waals surface area (Å²) in [5, 5.41) is 8.74. The second-order valence-corrected chi connectivity index (χ2v) is 3.37. The molecule has 0 amide bonds. The first-order valence-corrected chi connectivity index (χ1v) is 4.89. The van der Waals surface area contributed by atoms with E-state index in [1.807, 2.05) is 6.07 Å². The summed E-state index contributed by atoms with van der Waals surface area (Å²) >= 11 is 0. The molecule has 0 N–H and O–H groups in total. The minimum absolute atomic E-state index is 0.298. The molecule has 0 heterocycles. The van der Waals surface area contributed by atoms with Crippen LogP contribution >= 0.6 is 0 Å². The monoisotopic (exact) mass is 221 g/mol. The first kappa shape index (κ1) is 12.2. The van der Waals surface area contributed by atoms with Crippen molar-refractivity contribution in [2.24, 2.45) is 5.92 Å². The summed E-state index contributed by atoms with van der Waals surface area (Å²) in [5.74, 6) is -1.58. The molecule has 16 heavy (non-hydrogen) atoms. The lowest BCUT2D eigenvalue weighted by molar-refractivity contribution is -0.143. The van der Waals surface area contributed by atoms with Crippen molar-refractivity contribution >= 4 is 5.97 Å². The molecule has 0 spiro atoms. The highest BCUT2D eigenvalue weighted by molar-refractivity contribution is 5.74. The lowest BCUT2D eigenvalue weighted by atomic mass is 10.0. The first-order chi connectivity index (χ1) is 7.67. The molecule has 4 heteroatoms. The number of methoxy groups -OCH3 is 1. The molecular weight excluding hydrogens is 209 g/mol. The lowest BCUT2D eigenvalue weighted by Crippen LogP contribution is -2.15. The number of ether oxygens (including phenoxy) is 1. The van der Waals surface area contributed by atoms with Gasteiger partial charge in [0, 0.05) is 0 Å². The lowest BCUT2D eigenvalue weighted by Gasteiger charge is -2.06. The second-order valence-electron chi connectivity index (χ2n) is 3.37. The van der Waals surface area contributed by atoms with Crippen LogP contribution < -0.4 is 0 Å². The van der Waals surface area contributed by atoms with Crippen LogP contribution in [0.3, 0.4) is 0 Å². The van der Waals surface area contributed by atoms with Crippen molar-refractivity contribution in [2.45, 2.75) is 12.8 Å². The van der Waals surface area contributed by atoms with Crippen LogP contribution in [0.4, 0.5) is 4.39 Å². The maximum absolute atomic E-state index is 12.6. The number of carbonyl (C=O) groups is 1. The van der Waals surface area contributed by atoms with Crippen LogP contribution in [0.1, 0.15) is 12.0 Å². The van der Waals surface area contributed by atoms with Gasteiger partial charge in [0.15, 0.2) is 0 Å². The van der Waals surface area contributed by atoms with E-state index in [1.165, 1.54) is 19.2 Å². The van der Waals surface area contributed by atoms with Crippen molar-refractivity contribution < 1.29 is 13.9 Å². The van der Waals surface area contributed by atoms with Crippen LogP contribution in [0.15, 0.2) is 24.3 Å². The average molecular weight is 221 g/mol. The fourth-order valence-electron chi connectivity index (χ4n) is 1.34. The van der Waals surface area contributed by atoms with Crippen LogP contribution in [-0.4, -0.2) is 13.1 Å². The maximum atomic E-state index is 12.6. The van der Waals surface area contributed by atoms with Gasteiger partial charge >= 0.3 is 5.97 Å². The van der Waals surface area contributed by atoms with Crippen molar-refractivity contribution in [2.75, 3.05) is 7.11 Å². The minimum atomic E-state index is -0.755. The van der Waals surface area contributed by atoms with E-state index in [1.54, 1.807) is 12.1 Å². The van der Waals surface area contributed by atoms with E-state index in [0.29, 0.717) is 12.8 Å². The van der Waals surface area contributed by atoms with E-state index in [4.69, 9.17) is 5.26 Å². The zero-order valence-corrected chi connectivity index (χ0v) is 8.94. The van der Waals surface area contributed by atoms with Gasteiger partial charge in [-0.15, -0.1) is 0 Å². The van der Waals surface area contributed by atoms with Crippen LogP contribution in [0.5, 0.6) is 0 Å². The molecule has 0 aliphatic carbocycles. The van der Waals surface area contributed by atoms with E-state index in [2.05, 4.69) is 4.74 Å². The summed E-state index contributed by atoms with van der Waals surface area (Å²) in [4.78, 5) is 11.1. The highest BCUT2D eigenvalue weighted by Crippen LogP contribution is 2.11. The number of rotatable bonds is 4. The summed E-state index contributed by atoms with van der Waals surface area (Å²) in [6.07, 6.45) is 0.933. The van der Waals surface area contributed by atoms with Gasteiger partial charge in [-0.1, -0.05) is 12.1 Å². The van der Waals surface area contributed by atoms with Crippen LogP contribution in [0, 0.1) is 23.1 Å². The standard InChI is InChI=1S/C12H12FNO2/c1-16-12(15)10(8-14)5-2-9-3-6-11(13)7-4-9/h3-4,6-7,10H,2,5H2,1H3. The molecule has 0 saturated heterocycles. The molecule has 84 valence electrons. The zero-order valence-electron chi connectivity index (χ0n) is 8.94. The Labute approximate surface area is 93.5 Å². The fourth-order valence-corrected chi connectivity index (χ4v) is 1.34. The smallest absolute Gasteiger partial charge is 0.323 e. The van der Waals surface area contributed by atoms with Crippen molar-refractivity contribution in [1.82, 2.24) is 0 Å². The van der Waals surface area contributed by atoms with Gasteiger partial charge in [0.25, 0.3) is 0 Å². The SMILES string of the molecule is COC(=O)C(C#N)CCc1ccc(F)cc1. The predicted octanol–water partition coefficient (Wildman–Crippen LogP) is 2.07. The highest BCUT2D eigenvalue weighted by atomic mass is 19.1. The molecule has 1 aromatic rings. The molecule has 1 aromatic carbocycles. The number of hydrogen-bond donors (Lipinski definition) is 0. The summed E-state index contributed by atoms with van der Waals surface area (Å²) in [5.41, 5.74) is 0.894. The van der Waals surface area contributed by atoms with Crippen LogP contribution in [-0.2, 0) is 16.0 Å². The number of nitrogens with zero attached hydrogens (tertiary/aromatic N) is 1. The number of hydrogen-bond acceptors (Lipinski definition) is 3. The van der Waals surface area contributed by atoms with Gasteiger partial charge in [0.1, 0.15) is 11.7 Å². The summed E-state index contributed by atoms with van der Waals surface area (Å²) in [7, 11) is 1.25. The Hall–Kier alpha value is -1.89. The van der Waals surface area contributed by atoms with Gasteiger partial charge in [-0.25, -0.2) is 4.39 Å². The van der Waals surface area contributed by atoms with E-state index >= 15 is 0 Å². The summed E-state index contributed by atoms with van der Waals surface area (Å²) < 4.78 is 17.1. The molecule has 0 aliphatic rings. The molecule has 0 bridgehead atoms. The summed E-state index contributed by atoms with van der Waals surface area (Å²) in [6, 6.07) is 7.88. The van der Waals surface area contributed by atoms with Crippen molar-refractivity contribution in [3.63, 3.8) is 0 Å². The topological polar surface area (TPSA) is 50.1 Å².